The second-order valence-electron chi connectivity index (χ2n) is 4.37. The Kier molecular flexibility index (Phi) is 7.16. The van der Waals surface area contributed by atoms with E-state index in [2.05, 4.69) is 5.32 Å². The first kappa shape index (κ1) is 14.4. The van der Waals surface area contributed by atoms with Crippen molar-refractivity contribution in [1.82, 2.24) is 5.32 Å². The zero-order chi connectivity index (χ0) is 12.5. The molecule has 1 rings (SSSR count). The average molecular weight is 245 g/mol. The molecule has 1 aliphatic rings. The number of ether oxygens (including phenoxy) is 2. The molecule has 0 saturated carbocycles. The largest absolute Gasteiger partial charge is 0.480 e. The predicted molar refractivity (Wildman–Crippen MR) is 64.1 cm³/mol. The molecule has 0 aromatic heterocycles. The van der Waals surface area contributed by atoms with Crippen LogP contribution in [0, 0.1) is 5.92 Å². The van der Waals surface area contributed by atoms with Gasteiger partial charge in [-0.15, -0.1) is 0 Å². The standard InChI is InChI=1S/C12H23NO4/c1-2-13-11(12(14)15)5-8-17-9-10-3-6-16-7-4-10/h10-11,13H,2-9H2,1H3,(H,14,15). The lowest BCUT2D eigenvalue weighted by atomic mass is 10.0. The minimum Gasteiger partial charge on any atom is -0.480 e. The molecule has 0 aliphatic carbocycles. The van der Waals surface area contributed by atoms with Crippen molar-refractivity contribution in [2.75, 3.05) is 33.0 Å². The Bertz CT molecular complexity index is 217. The van der Waals surface area contributed by atoms with E-state index >= 15 is 0 Å². The number of nitrogens with one attached hydrogen (secondary N) is 1. The van der Waals surface area contributed by atoms with E-state index in [0.29, 0.717) is 25.5 Å². The van der Waals surface area contributed by atoms with E-state index < -0.39 is 12.0 Å². The number of carbonyl (C=O) groups is 1. The smallest absolute Gasteiger partial charge is 0.320 e. The second kappa shape index (κ2) is 8.44. The maximum atomic E-state index is 10.9. The van der Waals surface area contributed by atoms with Crippen LogP contribution in [-0.2, 0) is 14.3 Å². The Morgan fingerprint density at radius 2 is 2.24 bits per heavy atom. The summed E-state index contributed by atoms with van der Waals surface area (Å²) in [4.78, 5) is 10.9. The number of hydrogen-bond acceptors (Lipinski definition) is 4. The predicted octanol–water partition coefficient (Wildman–Crippen LogP) is 0.882. The van der Waals surface area contributed by atoms with E-state index in [4.69, 9.17) is 14.6 Å². The molecule has 5 heteroatoms. The number of rotatable bonds is 8. The van der Waals surface area contributed by atoms with Crippen LogP contribution in [0.4, 0.5) is 0 Å². The van der Waals surface area contributed by atoms with Crippen LogP contribution >= 0.6 is 0 Å². The van der Waals surface area contributed by atoms with Crippen LogP contribution in [0.2, 0.25) is 0 Å². The highest BCUT2D eigenvalue weighted by Gasteiger charge is 2.17. The second-order valence-corrected chi connectivity index (χ2v) is 4.37. The molecule has 2 N–H and O–H groups in total. The summed E-state index contributed by atoms with van der Waals surface area (Å²) in [6.07, 6.45) is 2.62. The van der Waals surface area contributed by atoms with Gasteiger partial charge >= 0.3 is 5.97 Å². The zero-order valence-corrected chi connectivity index (χ0v) is 10.5. The molecule has 1 atom stereocenters. The lowest BCUT2D eigenvalue weighted by molar-refractivity contribution is -0.140. The van der Waals surface area contributed by atoms with Crippen LogP contribution in [0.1, 0.15) is 26.2 Å². The van der Waals surface area contributed by atoms with Crippen molar-refractivity contribution >= 4 is 5.97 Å². The van der Waals surface area contributed by atoms with Gasteiger partial charge in [-0.05, 0) is 31.7 Å². The SMILES string of the molecule is CCNC(CCOCC1CCOCC1)C(=O)O. The van der Waals surface area contributed by atoms with Gasteiger partial charge in [0.25, 0.3) is 0 Å². The molecule has 100 valence electrons. The Morgan fingerprint density at radius 1 is 1.53 bits per heavy atom. The summed E-state index contributed by atoms with van der Waals surface area (Å²) < 4.78 is 10.8. The molecule has 1 aliphatic heterocycles. The van der Waals surface area contributed by atoms with Crippen molar-refractivity contribution in [2.24, 2.45) is 5.92 Å². The van der Waals surface area contributed by atoms with Gasteiger partial charge < -0.3 is 19.9 Å². The van der Waals surface area contributed by atoms with Gasteiger partial charge in [0.1, 0.15) is 6.04 Å². The monoisotopic (exact) mass is 245 g/mol. The molecule has 0 radical (unpaired) electrons. The van der Waals surface area contributed by atoms with Crippen molar-refractivity contribution in [2.45, 2.75) is 32.2 Å². The topological polar surface area (TPSA) is 67.8 Å². The van der Waals surface area contributed by atoms with Gasteiger partial charge in [0.05, 0.1) is 0 Å². The summed E-state index contributed by atoms with van der Waals surface area (Å²) in [6, 6.07) is -0.491. The summed E-state index contributed by atoms with van der Waals surface area (Å²) in [7, 11) is 0. The fourth-order valence-corrected chi connectivity index (χ4v) is 1.92. The summed E-state index contributed by atoms with van der Waals surface area (Å²) in [5.41, 5.74) is 0. The first-order valence-electron chi connectivity index (χ1n) is 6.35. The molecule has 0 amide bonds. The highest BCUT2D eigenvalue weighted by molar-refractivity contribution is 5.73. The van der Waals surface area contributed by atoms with Crippen LogP contribution in [0.3, 0.4) is 0 Å². The van der Waals surface area contributed by atoms with Gasteiger partial charge in [0.2, 0.25) is 0 Å². The molecule has 0 aromatic rings. The minimum absolute atomic E-state index is 0.491. The molecule has 17 heavy (non-hydrogen) atoms. The Balaban J connectivity index is 2.06. The summed E-state index contributed by atoms with van der Waals surface area (Å²) in [5, 5.41) is 11.8. The van der Waals surface area contributed by atoms with Crippen molar-refractivity contribution in [3.05, 3.63) is 0 Å². The van der Waals surface area contributed by atoms with Crippen LogP contribution in [0.5, 0.6) is 0 Å². The highest BCUT2D eigenvalue weighted by Crippen LogP contribution is 2.14. The van der Waals surface area contributed by atoms with Gasteiger partial charge in [-0.3, -0.25) is 4.79 Å². The maximum Gasteiger partial charge on any atom is 0.320 e. The van der Waals surface area contributed by atoms with Crippen molar-refractivity contribution in [3.63, 3.8) is 0 Å². The number of likely N-dealkylation sites (N-methyl/N-ethyl adjacent to an activating group) is 1. The Morgan fingerprint density at radius 3 is 2.82 bits per heavy atom. The van der Waals surface area contributed by atoms with E-state index in [9.17, 15) is 4.79 Å². The molecule has 1 unspecified atom stereocenters. The summed E-state index contributed by atoms with van der Waals surface area (Å²) in [6.45, 7) is 5.44. The molecule has 0 aromatic carbocycles. The maximum absolute atomic E-state index is 10.9. The molecule has 1 fully saturated rings. The number of carboxylic acids is 1. The van der Waals surface area contributed by atoms with Crippen LogP contribution < -0.4 is 5.32 Å². The minimum atomic E-state index is -0.804. The third kappa shape index (κ3) is 6.00. The molecule has 1 heterocycles. The molecule has 1 saturated heterocycles. The molecule has 5 nitrogen and oxygen atoms in total. The fraction of sp³-hybridized carbons (Fsp3) is 0.917. The number of carboxylic acid groups (broad SMARTS) is 1. The first-order valence-corrected chi connectivity index (χ1v) is 6.35. The Labute approximate surface area is 102 Å². The lowest BCUT2D eigenvalue weighted by Crippen LogP contribution is -2.37. The zero-order valence-electron chi connectivity index (χ0n) is 10.5. The van der Waals surface area contributed by atoms with Gasteiger partial charge in [-0.25, -0.2) is 0 Å². The third-order valence-corrected chi connectivity index (χ3v) is 2.99. The highest BCUT2D eigenvalue weighted by atomic mass is 16.5. The van der Waals surface area contributed by atoms with Crippen LogP contribution in [0.15, 0.2) is 0 Å². The van der Waals surface area contributed by atoms with E-state index in [1.54, 1.807) is 0 Å². The van der Waals surface area contributed by atoms with E-state index in [1.807, 2.05) is 6.92 Å². The van der Waals surface area contributed by atoms with Crippen LogP contribution in [0.25, 0.3) is 0 Å². The van der Waals surface area contributed by atoms with Gasteiger partial charge in [-0.2, -0.15) is 0 Å². The number of aliphatic carboxylic acids is 1. The molecular weight excluding hydrogens is 222 g/mol. The van der Waals surface area contributed by atoms with E-state index in [-0.39, 0.29) is 0 Å². The van der Waals surface area contributed by atoms with Gasteiger partial charge in [0, 0.05) is 26.4 Å². The van der Waals surface area contributed by atoms with Gasteiger partial charge in [0.15, 0.2) is 0 Å². The van der Waals surface area contributed by atoms with Crippen LogP contribution in [-0.4, -0.2) is 50.1 Å². The van der Waals surface area contributed by atoms with Crippen molar-refractivity contribution in [1.29, 1.82) is 0 Å². The van der Waals surface area contributed by atoms with E-state index in [0.717, 1.165) is 32.7 Å². The fourth-order valence-electron chi connectivity index (χ4n) is 1.92. The Hall–Kier alpha value is -0.650. The summed E-state index contributed by atoms with van der Waals surface area (Å²) >= 11 is 0. The third-order valence-electron chi connectivity index (χ3n) is 2.99. The first-order chi connectivity index (χ1) is 8.24. The lowest BCUT2D eigenvalue weighted by Gasteiger charge is -2.22. The van der Waals surface area contributed by atoms with E-state index in [1.165, 1.54) is 0 Å². The normalized spacial score (nSPS) is 19.1. The molecule has 0 spiro atoms. The summed E-state index contributed by atoms with van der Waals surface area (Å²) in [5.74, 6) is -0.229. The van der Waals surface area contributed by atoms with Crippen molar-refractivity contribution in [3.8, 4) is 0 Å². The molecule has 0 bridgehead atoms. The van der Waals surface area contributed by atoms with Crippen molar-refractivity contribution < 1.29 is 19.4 Å². The average Bonchev–Trinajstić information content (AvgIpc) is 2.34. The number of hydrogen-bond donors (Lipinski definition) is 2. The van der Waals surface area contributed by atoms with Gasteiger partial charge in [-0.1, -0.05) is 6.92 Å². The quantitative estimate of drug-likeness (QED) is 0.621. The molecular formula is C12H23NO4.